The molecule has 23 heavy (non-hydrogen) atoms. The van der Waals surface area contributed by atoms with Gasteiger partial charge in [0.05, 0.1) is 21.5 Å². The smallest absolute Gasteiger partial charge is 0.266 e. The molecule has 0 saturated heterocycles. The average molecular weight is 359 g/mol. The van der Waals surface area contributed by atoms with Crippen LogP contribution in [0.3, 0.4) is 0 Å². The summed E-state index contributed by atoms with van der Waals surface area (Å²) in [5.74, 6) is -0.0115. The minimum absolute atomic E-state index is 0.000370. The summed E-state index contributed by atoms with van der Waals surface area (Å²) in [6.07, 6.45) is 0.775. The van der Waals surface area contributed by atoms with Crippen molar-refractivity contribution >= 4 is 45.6 Å². The fourth-order valence-corrected chi connectivity index (χ4v) is 5.00. The molecular weight excluding hydrogens is 344 g/mol. The number of hydrogen-bond acceptors (Lipinski definition) is 5. The highest BCUT2D eigenvalue weighted by Gasteiger charge is 2.35. The molecule has 0 N–H and O–H groups in total. The summed E-state index contributed by atoms with van der Waals surface area (Å²) < 4.78 is 0. The molecule has 3 nitrogen and oxygen atoms in total. The molecule has 0 aromatic carbocycles. The number of nitrogens with zero attached hydrogens (tertiary/aromatic N) is 2. The minimum atomic E-state index is -0.0115. The third-order valence-corrected chi connectivity index (χ3v) is 6.62. The summed E-state index contributed by atoms with van der Waals surface area (Å²) in [4.78, 5) is 17.2. The first-order chi connectivity index (χ1) is 11.2. The number of amides is 1. The molecule has 4 rings (SSSR count). The Kier molecular flexibility index (Phi) is 3.88. The topological polar surface area (TPSA) is 32.7 Å². The molecule has 1 amide bonds. The molecule has 1 unspecified atom stereocenters. The largest absolute Gasteiger partial charge is 0.284 e. The Morgan fingerprint density at radius 3 is 2.65 bits per heavy atom. The van der Waals surface area contributed by atoms with E-state index in [0.29, 0.717) is 0 Å². The quantitative estimate of drug-likeness (QED) is 0.635. The number of aryl methyl sites for hydroxylation is 1. The summed E-state index contributed by atoms with van der Waals surface area (Å²) >= 11 is 4.88. The van der Waals surface area contributed by atoms with Crippen LogP contribution in [0.2, 0.25) is 0 Å². The molecule has 0 fully saturated rings. The lowest BCUT2D eigenvalue weighted by molar-refractivity contribution is 0.0719. The standard InChI is InChI=1S/C17H14N2OS3/c1-11-6-7-15(23-11)13-10-12(14-4-2-8-21-14)18-19(13)17(20)16-5-3-9-22-16/h2-9,13H,10H2,1H3. The normalized spacial score (nSPS) is 17.5. The van der Waals surface area contributed by atoms with Gasteiger partial charge in [0.1, 0.15) is 0 Å². The van der Waals surface area contributed by atoms with Gasteiger partial charge < -0.3 is 0 Å². The van der Waals surface area contributed by atoms with Crippen molar-refractivity contribution in [3.8, 4) is 0 Å². The summed E-state index contributed by atoms with van der Waals surface area (Å²) in [6.45, 7) is 2.09. The predicted octanol–water partition coefficient (Wildman–Crippen LogP) is 5.17. The van der Waals surface area contributed by atoms with E-state index in [1.807, 2.05) is 29.0 Å². The van der Waals surface area contributed by atoms with Gasteiger partial charge in [-0.15, -0.1) is 34.0 Å². The minimum Gasteiger partial charge on any atom is -0.266 e. The van der Waals surface area contributed by atoms with Crippen LogP contribution in [0.25, 0.3) is 0 Å². The van der Waals surface area contributed by atoms with Crippen LogP contribution in [0, 0.1) is 6.92 Å². The zero-order valence-corrected chi connectivity index (χ0v) is 14.9. The summed E-state index contributed by atoms with van der Waals surface area (Å²) in [5.41, 5.74) is 1.00. The Balaban J connectivity index is 1.72. The molecule has 6 heteroatoms. The Hall–Kier alpha value is -1.76. The van der Waals surface area contributed by atoms with Crippen LogP contribution in [0.15, 0.2) is 52.3 Å². The molecule has 4 heterocycles. The maximum absolute atomic E-state index is 12.9. The van der Waals surface area contributed by atoms with Gasteiger partial charge in [0.2, 0.25) is 0 Å². The predicted molar refractivity (Wildman–Crippen MR) is 97.8 cm³/mol. The molecule has 3 aromatic heterocycles. The van der Waals surface area contributed by atoms with E-state index in [1.165, 1.54) is 21.1 Å². The van der Waals surface area contributed by atoms with E-state index in [0.717, 1.165) is 21.9 Å². The Bertz CT molecular complexity index is 846. The summed E-state index contributed by atoms with van der Waals surface area (Å²) in [5, 5.41) is 10.3. The van der Waals surface area contributed by atoms with Crippen molar-refractivity contribution in [3.05, 3.63) is 66.7 Å². The van der Waals surface area contributed by atoms with Crippen molar-refractivity contribution in [2.75, 3.05) is 0 Å². The lowest BCUT2D eigenvalue weighted by atomic mass is 10.1. The number of carbonyl (C=O) groups excluding carboxylic acids is 1. The fraction of sp³-hybridized carbons (Fsp3) is 0.176. The maximum atomic E-state index is 12.9. The Morgan fingerprint density at radius 1 is 1.17 bits per heavy atom. The number of thiophene rings is 3. The fourth-order valence-electron chi connectivity index (χ4n) is 2.66. The number of hydrazone groups is 1. The van der Waals surface area contributed by atoms with Crippen LogP contribution in [0.4, 0.5) is 0 Å². The molecule has 1 aliphatic rings. The van der Waals surface area contributed by atoms with Crippen LogP contribution in [-0.2, 0) is 0 Å². The highest BCUT2D eigenvalue weighted by atomic mass is 32.1. The molecule has 0 spiro atoms. The van der Waals surface area contributed by atoms with Crippen molar-refractivity contribution in [2.45, 2.75) is 19.4 Å². The molecule has 0 aliphatic carbocycles. The molecule has 3 aromatic rings. The van der Waals surface area contributed by atoms with Crippen molar-refractivity contribution in [1.29, 1.82) is 0 Å². The second kappa shape index (κ2) is 6.03. The van der Waals surface area contributed by atoms with Crippen LogP contribution in [0.5, 0.6) is 0 Å². The second-order valence-electron chi connectivity index (χ2n) is 5.32. The van der Waals surface area contributed by atoms with Crippen molar-refractivity contribution in [3.63, 3.8) is 0 Å². The molecule has 0 saturated carbocycles. The molecule has 116 valence electrons. The lowest BCUT2D eigenvalue weighted by Crippen LogP contribution is -2.25. The van der Waals surface area contributed by atoms with Crippen LogP contribution >= 0.6 is 34.0 Å². The van der Waals surface area contributed by atoms with Gasteiger partial charge in [0.15, 0.2) is 0 Å². The number of rotatable bonds is 3. The van der Waals surface area contributed by atoms with Gasteiger partial charge in [0, 0.05) is 16.2 Å². The Morgan fingerprint density at radius 2 is 2.00 bits per heavy atom. The van der Waals surface area contributed by atoms with Gasteiger partial charge in [-0.2, -0.15) is 5.10 Å². The van der Waals surface area contributed by atoms with Crippen LogP contribution in [-0.4, -0.2) is 16.6 Å². The van der Waals surface area contributed by atoms with E-state index in [2.05, 4.69) is 30.2 Å². The van der Waals surface area contributed by atoms with Gasteiger partial charge >= 0.3 is 0 Å². The number of hydrogen-bond donors (Lipinski definition) is 0. The third kappa shape index (κ3) is 2.78. The zero-order chi connectivity index (χ0) is 15.8. The van der Waals surface area contributed by atoms with E-state index >= 15 is 0 Å². The zero-order valence-electron chi connectivity index (χ0n) is 12.4. The average Bonchev–Trinajstić information content (AvgIpc) is 3.31. The monoisotopic (exact) mass is 358 g/mol. The van der Waals surface area contributed by atoms with E-state index < -0.39 is 0 Å². The van der Waals surface area contributed by atoms with E-state index in [-0.39, 0.29) is 11.9 Å². The first kappa shape index (κ1) is 14.8. The summed E-state index contributed by atoms with van der Waals surface area (Å²) in [6, 6.07) is 12.1. The van der Waals surface area contributed by atoms with Crippen molar-refractivity contribution < 1.29 is 4.79 Å². The van der Waals surface area contributed by atoms with E-state index in [9.17, 15) is 4.79 Å². The van der Waals surface area contributed by atoms with Crippen LogP contribution in [0.1, 0.15) is 36.8 Å². The second-order valence-corrected chi connectivity index (χ2v) is 8.53. The highest BCUT2D eigenvalue weighted by molar-refractivity contribution is 7.13. The molecule has 0 radical (unpaired) electrons. The first-order valence-electron chi connectivity index (χ1n) is 7.27. The van der Waals surface area contributed by atoms with Gasteiger partial charge in [0.25, 0.3) is 5.91 Å². The first-order valence-corrected chi connectivity index (χ1v) is 9.85. The van der Waals surface area contributed by atoms with Gasteiger partial charge in [-0.1, -0.05) is 12.1 Å². The molecule has 1 aliphatic heterocycles. The van der Waals surface area contributed by atoms with Gasteiger partial charge in [-0.3, -0.25) is 4.79 Å². The van der Waals surface area contributed by atoms with Gasteiger partial charge in [-0.05, 0) is 41.9 Å². The van der Waals surface area contributed by atoms with Crippen LogP contribution < -0.4 is 0 Å². The van der Waals surface area contributed by atoms with Crippen molar-refractivity contribution in [1.82, 2.24) is 5.01 Å². The SMILES string of the molecule is Cc1ccc(C2CC(c3cccs3)=NN2C(=O)c2cccs2)s1. The highest BCUT2D eigenvalue weighted by Crippen LogP contribution is 2.38. The number of carbonyl (C=O) groups is 1. The maximum Gasteiger partial charge on any atom is 0.284 e. The molecule has 0 bridgehead atoms. The molecular formula is C17H14N2OS3. The Labute approximate surface area is 146 Å². The lowest BCUT2D eigenvalue weighted by Gasteiger charge is -2.19. The van der Waals surface area contributed by atoms with E-state index in [4.69, 9.17) is 0 Å². The summed E-state index contributed by atoms with van der Waals surface area (Å²) in [7, 11) is 0. The van der Waals surface area contributed by atoms with Crippen molar-refractivity contribution in [2.24, 2.45) is 5.10 Å². The third-order valence-electron chi connectivity index (χ3n) is 3.75. The van der Waals surface area contributed by atoms with E-state index in [1.54, 1.807) is 27.7 Å². The molecule has 1 atom stereocenters. The van der Waals surface area contributed by atoms with Gasteiger partial charge in [-0.25, -0.2) is 5.01 Å².